The van der Waals surface area contributed by atoms with E-state index in [0.29, 0.717) is 38.3 Å². The van der Waals surface area contributed by atoms with Crippen LogP contribution in [-0.2, 0) is 11.3 Å². The lowest BCUT2D eigenvalue weighted by Crippen LogP contribution is -2.57. The molecule has 0 radical (unpaired) electrons. The molecule has 0 spiro atoms. The first kappa shape index (κ1) is 21.0. The van der Waals surface area contributed by atoms with E-state index in [4.69, 9.17) is 4.74 Å². The molecule has 0 saturated carbocycles. The summed E-state index contributed by atoms with van der Waals surface area (Å²) in [5, 5.41) is 6.19. The highest BCUT2D eigenvalue weighted by Crippen LogP contribution is 2.19. The van der Waals surface area contributed by atoms with Gasteiger partial charge in [-0.1, -0.05) is 12.1 Å². The number of benzene rings is 1. The van der Waals surface area contributed by atoms with Crippen LogP contribution >= 0.6 is 0 Å². The molecule has 3 rings (SSSR count). The van der Waals surface area contributed by atoms with Crippen LogP contribution < -0.4 is 10.6 Å². The summed E-state index contributed by atoms with van der Waals surface area (Å²) >= 11 is 0. The molecule has 2 heterocycles. The second kappa shape index (κ2) is 8.71. The van der Waals surface area contributed by atoms with Gasteiger partial charge in [-0.25, -0.2) is 4.79 Å². The van der Waals surface area contributed by atoms with Crippen molar-refractivity contribution in [3.8, 4) is 0 Å². The summed E-state index contributed by atoms with van der Waals surface area (Å²) in [7, 11) is 0. The van der Waals surface area contributed by atoms with Crippen molar-refractivity contribution in [2.24, 2.45) is 4.99 Å². The van der Waals surface area contributed by atoms with Crippen LogP contribution in [0, 0.1) is 0 Å². The van der Waals surface area contributed by atoms with E-state index in [1.54, 1.807) is 4.90 Å². The molecule has 1 atom stereocenters. The zero-order chi connectivity index (χ0) is 21.0. The van der Waals surface area contributed by atoms with Gasteiger partial charge in [0.15, 0.2) is 5.96 Å². The van der Waals surface area contributed by atoms with Gasteiger partial charge < -0.3 is 25.2 Å². The summed E-state index contributed by atoms with van der Waals surface area (Å²) in [5.41, 5.74) is 1.25. The Morgan fingerprint density at radius 1 is 1.21 bits per heavy atom. The fourth-order valence-electron chi connectivity index (χ4n) is 3.44. The molecule has 0 aromatic heterocycles. The molecule has 2 N–H and O–H groups in total. The highest BCUT2D eigenvalue weighted by molar-refractivity contribution is 5.94. The average molecular weight is 402 g/mol. The number of amides is 2. The Bertz CT molecular complexity index is 770. The zero-order valence-electron chi connectivity index (χ0n) is 17.7. The molecule has 1 aromatic rings. The molecule has 2 amide bonds. The van der Waals surface area contributed by atoms with Crippen molar-refractivity contribution in [1.82, 2.24) is 20.4 Å². The second-order valence-corrected chi connectivity index (χ2v) is 8.35. The average Bonchev–Trinajstić information content (AvgIpc) is 3.08. The van der Waals surface area contributed by atoms with Crippen LogP contribution in [0.4, 0.5) is 4.79 Å². The fourth-order valence-corrected chi connectivity index (χ4v) is 3.44. The third-order valence-corrected chi connectivity index (χ3v) is 4.86. The van der Waals surface area contributed by atoms with E-state index >= 15 is 0 Å². The standard InChI is InChI=1S/C21H31N5O3/c1-5-22-18(27)16-8-6-15(7-9-16)12-23-19-24-13-17-14-25(10-11-26(17)19)20(28)29-21(2,3)4/h6-9,17H,5,10-14H2,1-4H3,(H,22,27)(H,23,24). The quantitative estimate of drug-likeness (QED) is 0.804. The molecule has 8 nitrogen and oxygen atoms in total. The minimum absolute atomic E-state index is 0.0575. The number of nitrogens with one attached hydrogen (secondary N) is 2. The van der Waals surface area contributed by atoms with Gasteiger partial charge in [0.25, 0.3) is 5.91 Å². The molecule has 1 fully saturated rings. The number of aliphatic imine (C=N–C) groups is 1. The molecule has 29 heavy (non-hydrogen) atoms. The molecule has 2 aliphatic rings. The normalized spacial score (nSPS) is 18.8. The molecular weight excluding hydrogens is 370 g/mol. The summed E-state index contributed by atoms with van der Waals surface area (Å²) in [6.45, 7) is 11.4. The Labute approximate surface area is 172 Å². The fraction of sp³-hybridized carbons (Fsp3) is 0.571. The van der Waals surface area contributed by atoms with Gasteiger partial charge >= 0.3 is 6.09 Å². The van der Waals surface area contributed by atoms with E-state index in [9.17, 15) is 9.59 Å². The van der Waals surface area contributed by atoms with E-state index in [2.05, 4.69) is 20.5 Å². The summed E-state index contributed by atoms with van der Waals surface area (Å²) in [5.74, 6) is 0.810. The Kier molecular flexibility index (Phi) is 6.30. The van der Waals surface area contributed by atoms with Gasteiger partial charge in [0, 0.05) is 38.3 Å². The smallest absolute Gasteiger partial charge is 0.410 e. The van der Waals surface area contributed by atoms with E-state index in [1.807, 2.05) is 52.0 Å². The molecule has 8 heteroatoms. The number of hydrogen-bond acceptors (Lipinski definition) is 6. The lowest BCUT2D eigenvalue weighted by Gasteiger charge is -2.39. The van der Waals surface area contributed by atoms with Crippen LogP contribution in [0.15, 0.2) is 29.3 Å². The number of carbonyl (C=O) groups excluding carboxylic acids is 2. The van der Waals surface area contributed by atoms with E-state index in [0.717, 1.165) is 18.1 Å². The Morgan fingerprint density at radius 3 is 2.59 bits per heavy atom. The van der Waals surface area contributed by atoms with Crippen LogP contribution in [0.5, 0.6) is 0 Å². The van der Waals surface area contributed by atoms with Crippen molar-refractivity contribution >= 4 is 18.0 Å². The largest absolute Gasteiger partial charge is 0.444 e. The third-order valence-electron chi connectivity index (χ3n) is 4.86. The Morgan fingerprint density at radius 2 is 1.93 bits per heavy atom. The van der Waals surface area contributed by atoms with Crippen molar-refractivity contribution < 1.29 is 14.3 Å². The summed E-state index contributed by atoms with van der Waals surface area (Å²) in [4.78, 5) is 32.8. The van der Waals surface area contributed by atoms with Gasteiger partial charge in [0.05, 0.1) is 12.6 Å². The summed E-state index contributed by atoms with van der Waals surface area (Å²) < 4.78 is 5.49. The minimum atomic E-state index is -0.486. The van der Waals surface area contributed by atoms with Crippen molar-refractivity contribution in [2.45, 2.75) is 45.9 Å². The number of fused-ring (bicyclic) bond motifs is 1. The number of ether oxygens (including phenoxy) is 1. The maximum Gasteiger partial charge on any atom is 0.410 e. The molecule has 158 valence electrons. The third kappa shape index (κ3) is 5.40. The first-order valence-electron chi connectivity index (χ1n) is 10.2. The Balaban J connectivity index is 1.50. The number of carbonyl (C=O) groups is 2. The maximum absolute atomic E-state index is 12.3. The maximum atomic E-state index is 12.3. The van der Waals surface area contributed by atoms with Crippen LogP contribution in [-0.4, -0.2) is 72.1 Å². The molecule has 0 bridgehead atoms. The lowest BCUT2D eigenvalue weighted by molar-refractivity contribution is 0.0137. The van der Waals surface area contributed by atoms with Gasteiger partial charge in [-0.2, -0.15) is 0 Å². The lowest BCUT2D eigenvalue weighted by atomic mass is 10.1. The monoisotopic (exact) mass is 401 g/mol. The number of rotatable bonds is 4. The number of nitrogens with zero attached hydrogens (tertiary/aromatic N) is 3. The molecule has 1 unspecified atom stereocenters. The molecular formula is C21H31N5O3. The van der Waals surface area contributed by atoms with E-state index in [1.165, 1.54) is 0 Å². The predicted octanol–water partition coefficient (Wildman–Crippen LogP) is 1.82. The van der Waals surface area contributed by atoms with Crippen molar-refractivity contribution in [1.29, 1.82) is 0 Å². The molecule has 0 aliphatic carbocycles. The summed E-state index contributed by atoms with van der Waals surface area (Å²) in [6, 6.07) is 7.75. The van der Waals surface area contributed by atoms with Gasteiger partial charge in [0.2, 0.25) is 0 Å². The number of hydrogen-bond donors (Lipinski definition) is 2. The molecule has 1 aromatic carbocycles. The highest BCUT2D eigenvalue weighted by atomic mass is 16.6. The van der Waals surface area contributed by atoms with Crippen LogP contribution in [0.1, 0.15) is 43.6 Å². The van der Waals surface area contributed by atoms with Gasteiger partial charge in [-0.15, -0.1) is 0 Å². The second-order valence-electron chi connectivity index (χ2n) is 8.35. The van der Waals surface area contributed by atoms with Crippen molar-refractivity contribution in [2.75, 3.05) is 32.7 Å². The Hall–Kier alpha value is -2.77. The van der Waals surface area contributed by atoms with Gasteiger partial charge in [0.1, 0.15) is 5.60 Å². The van der Waals surface area contributed by atoms with E-state index in [-0.39, 0.29) is 18.0 Å². The van der Waals surface area contributed by atoms with Crippen LogP contribution in [0.25, 0.3) is 0 Å². The van der Waals surface area contributed by atoms with Crippen LogP contribution in [0.2, 0.25) is 0 Å². The number of guanidine groups is 1. The highest BCUT2D eigenvalue weighted by Gasteiger charge is 2.36. The minimum Gasteiger partial charge on any atom is -0.444 e. The van der Waals surface area contributed by atoms with Gasteiger partial charge in [-0.3, -0.25) is 9.79 Å². The van der Waals surface area contributed by atoms with Crippen LogP contribution in [0.3, 0.4) is 0 Å². The topological polar surface area (TPSA) is 86.3 Å². The number of piperazine rings is 1. The van der Waals surface area contributed by atoms with Crippen molar-refractivity contribution in [3.05, 3.63) is 35.4 Å². The SMILES string of the molecule is CCNC(=O)c1ccc(CNC2=NCC3CN(C(=O)OC(C)(C)C)CCN23)cc1. The predicted molar refractivity (Wildman–Crippen MR) is 112 cm³/mol. The van der Waals surface area contributed by atoms with E-state index < -0.39 is 5.60 Å². The van der Waals surface area contributed by atoms with Gasteiger partial charge in [-0.05, 0) is 45.4 Å². The first-order valence-corrected chi connectivity index (χ1v) is 10.2. The molecule has 1 saturated heterocycles. The first-order chi connectivity index (χ1) is 13.8. The molecule has 2 aliphatic heterocycles. The van der Waals surface area contributed by atoms with Crippen molar-refractivity contribution in [3.63, 3.8) is 0 Å². The summed E-state index contributed by atoms with van der Waals surface area (Å²) in [6.07, 6.45) is -0.259. The zero-order valence-corrected chi connectivity index (χ0v) is 17.7.